The van der Waals surface area contributed by atoms with Gasteiger partial charge in [-0.2, -0.15) is 4.31 Å². The zero-order chi connectivity index (χ0) is 22.7. The van der Waals surface area contributed by atoms with E-state index >= 15 is 0 Å². The van der Waals surface area contributed by atoms with Crippen LogP contribution in [-0.4, -0.2) is 72.5 Å². The third-order valence-electron chi connectivity index (χ3n) is 6.50. The van der Waals surface area contributed by atoms with Gasteiger partial charge in [0.2, 0.25) is 15.9 Å². The van der Waals surface area contributed by atoms with Gasteiger partial charge < -0.3 is 9.73 Å². The number of hydrogen-bond donors (Lipinski definition) is 1. The van der Waals surface area contributed by atoms with Crippen LogP contribution in [-0.2, 0) is 10.0 Å². The third kappa shape index (κ3) is 4.87. The lowest BCUT2D eigenvalue weighted by atomic mass is 10.0. The van der Waals surface area contributed by atoms with Crippen molar-refractivity contribution < 1.29 is 17.6 Å². The van der Waals surface area contributed by atoms with Crippen molar-refractivity contribution in [1.29, 1.82) is 0 Å². The van der Waals surface area contributed by atoms with Crippen LogP contribution in [0.15, 0.2) is 33.6 Å². The number of hydrogen-bond acceptors (Lipinski definition) is 7. The Hall–Kier alpha value is -2.30. The maximum Gasteiger partial charge on any atom is 0.308 e. The van der Waals surface area contributed by atoms with Crippen LogP contribution in [0.3, 0.4) is 0 Å². The van der Waals surface area contributed by atoms with E-state index in [9.17, 15) is 13.2 Å². The van der Waals surface area contributed by atoms with Gasteiger partial charge in [-0.05, 0) is 69.0 Å². The highest BCUT2D eigenvalue weighted by Gasteiger charge is 2.28. The molecule has 1 aromatic heterocycles. The number of nitrogens with one attached hydrogen (secondary N) is 1. The maximum atomic E-state index is 12.9. The van der Waals surface area contributed by atoms with Crippen molar-refractivity contribution in [3.63, 3.8) is 0 Å². The number of likely N-dealkylation sites (N-methyl/N-ethyl adjacent to an activating group) is 1. The lowest BCUT2D eigenvalue weighted by Crippen LogP contribution is -2.40. The number of nitrogens with zero attached hydrogens (tertiary/aromatic N) is 4. The lowest BCUT2D eigenvalue weighted by Gasteiger charge is -2.29. The Bertz CT molecular complexity index is 1030. The van der Waals surface area contributed by atoms with E-state index in [4.69, 9.17) is 4.42 Å². The highest BCUT2D eigenvalue weighted by Crippen LogP contribution is 2.26. The maximum absolute atomic E-state index is 12.9. The molecule has 174 valence electrons. The Morgan fingerprint density at radius 3 is 2.53 bits per heavy atom. The van der Waals surface area contributed by atoms with E-state index in [1.54, 1.807) is 28.6 Å². The minimum absolute atomic E-state index is 0.0971. The fraction of sp³-hybridized carbons (Fsp3) is 0.591. The largest absolute Gasteiger partial charge is 0.412 e. The topological polar surface area (TPSA) is 109 Å². The molecule has 0 saturated carbocycles. The summed E-state index contributed by atoms with van der Waals surface area (Å²) in [4.78, 5) is 15.0. The van der Waals surface area contributed by atoms with Crippen LogP contribution >= 0.6 is 0 Å². The molecule has 0 bridgehead atoms. The lowest BCUT2D eigenvalue weighted by molar-refractivity contribution is 0.0907. The molecule has 0 spiro atoms. The summed E-state index contributed by atoms with van der Waals surface area (Å²) < 4.78 is 32.8. The van der Waals surface area contributed by atoms with Crippen LogP contribution in [0.2, 0.25) is 0 Å². The van der Waals surface area contributed by atoms with E-state index in [1.165, 1.54) is 0 Å². The van der Waals surface area contributed by atoms with E-state index in [0.29, 0.717) is 37.2 Å². The fourth-order valence-electron chi connectivity index (χ4n) is 4.40. The summed E-state index contributed by atoms with van der Waals surface area (Å²) in [6.07, 6.45) is 3.96. The Morgan fingerprint density at radius 2 is 1.84 bits per heavy atom. The van der Waals surface area contributed by atoms with Crippen molar-refractivity contribution in [3.8, 4) is 11.5 Å². The van der Waals surface area contributed by atoms with Gasteiger partial charge in [-0.1, -0.05) is 13.8 Å². The van der Waals surface area contributed by atoms with Gasteiger partial charge in [-0.25, -0.2) is 8.42 Å². The molecule has 2 aromatic rings. The molecule has 1 N–H and O–H groups in total. The number of benzene rings is 1. The number of likely N-dealkylation sites (tertiary alicyclic amines) is 1. The summed E-state index contributed by atoms with van der Waals surface area (Å²) in [7, 11) is -3.52. The molecule has 9 nitrogen and oxygen atoms in total. The van der Waals surface area contributed by atoms with Gasteiger partial charge in [0.25, 0.3) is 0 Å². The second-order valence-electron chi connectivity index (χ2n) is 8.66. The smallest absolute Gasteiger partial charge is 0.308 e. The van der Waals surface area contributed by atoms with E-state index in [0.717, 1.165) is 38.8 Å². The third-order valence-corrected chi connectivity index (χ3v) is 8.42. The van der Waals surface area contributed by atoms with E-state index in [2.05, 4.69) is 34.3 Å². The highest BCUT2D eigenvalue weighted by molar-refractivity contribution is 7.89. The molecule has 1 atom stereocenters. The van der Waals surface area contributed by atoms with Crippen molar-refractivity contribution in [2.75, 3.05) is 32.7 Å². The van der Waals surface area contributed by atoms with Crippen LogP contribution in [0, 0.1) is 5.92 Å². The minimum Gasteiger partial charge on any atom is -0.412 e. The first-order valence-corrected chi connectivity index (χ1v) is 12.8. The molecular weight excluding hydrogens is 430 g/mol. The number of piperidine rings is 1. The highest BCUT2D eigenvalue weighted by atomic mass is 32.2. The molecule has 32 heavy (non-hydrogen) atoms. The molecule has 2 fully saturated rings. The van der Waals surface area contributed by atoms with Crippen molar-refractivity contribution in [2.45, 2.75) is 50.5 Å². The molecule has 10 heteroatoms. The first-order valence-electron chi connectivity index (χ1n) is 11.3. The van der Waals surface area contributed by atoms with E-state index < -0.39 is 15.9 Å². The van der Waals surface area contributed by atoms with Gasteiger partial charge in [0.1, 0.15) is 0 Å². The average Bonchev–Trinajstić information content (AvgIpc) is 3.47. The van der Waals surface area contributed by atoms with Gasteiger partial charge in [0.15, 0.2) is 0 Å². The van der Waals surface area contributed by atoms with Gasteiger partial charge in [-0.15, -0.1) is 10.2 Å². The number of amides is 1. The van der Waals surface area contributed by atoms with Gasteiger partial charge >= 0.3 is 11.8 Å². The number of carbonyl (C=O) groups is 1. The predicted molar refractivity (Wildman–Crippen MR) is 119 cm³/mol. The zero-order valence-corrected chi connectivity index (χ0v) is 19.5. The number of carbonyl (C=O) groups excluding carboxylic acids is 1. The second kappa shape index (κ2) is 9.68. The summed E-state index contributed by atoms with van der Waals surface area (Å²) in [5.74, 6) is 0.240. The summed E-state index contributed by atoms with van der Waals surface area (Å²) >= 11 is 0. The molecule has 0 radical (unpaired) electrons. The molecule has 2 saturated heterocycles. The summed E-state index contributed by atoms with van der Waals surface area (Å²) in [5, 5.41) is 10.7. The Balaban J connectivity index is 1.39. The molecule has 2 aliphatic rings. The minimum atomic E-state index is -3.52. The molecule has 3 heterocycles. The summed E-state index contributed by atoms with van der Waals surface area (Å²) in [5.41, 5.74) is 0.565. The molecule has 1 aromatic carbocycles. The van der Waals surface area contributed by atoms with Crippen LogP contribution < -0.4 is 5.32 Å². The average molecular weight is 462 g/mol. The SMILES string of the molecule is CCN1CCC[C@H]1CNC(=O)c1nnc(-c2ccc(S(=O)(=O)N3CCC(C)CC3)cc2)o1. The van der Waals surface area contributed by atoms with Crippen molar-refractivity contribution in [2.24, 2.45) is 5.92 Å². The molecule has 1 amide bonds. The number of sulfonamides is 1. The fourth-order valence-corrected chi connectivity index (χ4v) is 5.87. The molecule has 0 unspecified atom stereocenters. The Kier molecular flexibility index (Phi) is 6.92. The van der Waals surface area contributed by atoms with Crippen LogP contribution in [0.25, 0.3) is 11.5 Å². The van der Waals surface area contributed by atoms with E-state index in [1.807, 2.05) is 0 Å². The quantitative estimate of drug-likeness (QED) is 0.674. The number of rotatable bonds is 7. The van der Waals surface area contributed by atoms with Gasteiger partial charge in [0.05, 0.1) is 4.90 Å². The van der Waals surface area contributed by atoms with Crippen molar-refractivity contribution in [3.05, 3.63) is 30.2 Å². The van der Waals surface area contributed by atoms with Gasteiger partial charge in [-0.3, -0.25) is 9.69 Å². The first-order chi connectivity index (χ1) is 15.4. The molecule has 0 aliphatic carbocycles. The predicted octanol–water partition coefficient (Wildman–Crippen LogP) is 2.37. The zero-order valence-electron chi connectivity index (χ0n) is 18.7. The van der Waals surface area contributed by atoms with Gasteiger partial charge in [0, 0.05) is 31.2 Å². The molecule has 2 aliphatic heterocycles. The van der Waals surface area contributed by atoms with Crippen LogP contribution in [0.4, 0.5) is 0 Å². The monoisotopic (exact) mass is 461 g/mol. The summed E-state index contributed by atoms with van der Waals surface area (Å²) in [6.45, 7) is 7.93. The molecule has 4 rings (SSSR count). The number of aromatic nitrogens is 2. The normalized spacial score (nSPS) is 21.1. The van der Waals surface area contributed by atoms with E-state index in [-0.39, 0.29) is 16.7 Å². The Morgan fingerprint density at radius 1 is 1.12 bits per heavy atom. The van der Waals surface area contributed by atoms with Crippen LogP contribution in [0.5, 0.6) is 0 Å². The van der Waals surface area contributed by atoms with Crippen LogP contribution in [0.1, 0.15) is 50.2 Å². The van der Waals surface area contributed by atoms with Crippen molar-refractivity contribution >= 4 is 15.9 Å². The summed E-state index contributed by atoms with van der Waals surface area (Å²) in [6, 6.07) is 6.69. The standard InChI is InChI=1S/C22H31N5O4S/c1-3-26-12-4-5-18(26)15-23-20(28)22-25-24-21(31-22)17-6-8-19(9-7-17)32(29,30)27-13-10-16(2)11-14-27/h6-9,16,18H,3-5,10-15H2,1-2H3,(H,23,28)/t18-/m0/s1. The van der Waals surface area contributed by atoms with Crippen molar-refractivity contribution in [1.82, 2.24) is 24.7 Å². The second-order valence-corrected chi connectivity index (χ2v) is 10.6. The first kappa shape index (κ1) is 22.9. The molecular formula is C22H31N5O4S. The Labute approximate surface area is 189 Å².